The first kappa shape index (κ1) is 78.7. The maximum atomic E-state index is 13.1. The van der Waals surface area contributed by atoms with Crippen molar-refractivity contribution in [3.63, 3.8) is 0 Å². The zero-order valence-electron chi connectivity index (χ0n) is 54.0. The number of quaternary nitrogens is 1. The van der Waals surface area contributed by atoms with Gasteiger partial charge in [-0.05, 0) is 70.6 Å². The van der Waals surface area contributed by atoms with E-state index < -0.39 is 20.0 Å². The Morgan fingerprint density at radius 3 is 1.09 bits per heavy atom. The van der Waals surface area contributed by atoms with E-state index in [-0.39, 0.29) is 19.1 Å². The van der Waals surface area contributed by atoms with Gasteiger partial charge in [-0.3, -0.25) is 13.8 Å². The van der Waals surface area contributed by atoms with E-state index in [1.807, 2.05) is 21.1 Å². The molecule has 3 atom stereocenters. The number of hydrogen-bond donors (Lipinski definition) is 3. The molecule has 8 nitrogen and oxygen atoms in total. The van der Waals surface area contributed by atoms with Gasteiger partial charge in [-0.15, -0.1) is 0 Å². The predicted octanol–water partition coefficient (Wildman–Crippen LogP) is 21.9. The molecule has 0 aliphatic carbocycles. The average Bonchev–Trinajstić information content (AvgIpc) is 3.43. The summed E-state index contributed by atoms with van der Waals surface area (Å²) in [5, 5.41) is 14.1. The number of carbonyl (C=O) groups is 1. The van der Waals surface area contributed by atoms with Crippen molar-refractivity contribution < 1.29 is 32.9 Å². The molecule has 0 heterocycles. The summed E-state index contributed by atoms with van der Waals surface area (Å²) in [5.41, 5.74) is 0. The molecule has 1 amide bonds. The number of phosphoric acid groups is 1. The molecule has 0 radical (unpaired) electrons. The molecule has 81 heavy (non-hydrogen) atoms. The first-order chi connectivity index (χ1) is 39.5. The van der Waals surface area contributed by atoms with Crippen LogP contribution in [-0.2, 0) is 18.4 Å². The van der Waals surface area contributed by atoms with Crippen LogP contribution < -0.4 is 5.32 Å². The number of nitrogens with zero attached hydrogens (tertiary/aromatic N) is 1. The molecule has 472 valence electrons. The van der Waals surface area contributed by atoms with Crippen molar-refractivity contribution in [1.82, 2.24) is 5.32 Å². The topological polar surface area (TPSA) is 105 Å². The molecule has 0 bridgehead atoms. The molecule has 0 fully saturated rings. The van der Waals surface area contributed by atoms with Gasteiger partial charge >= 0.3 is 7.82 Å². The van der Waals surface area contributed by atoms with Gasteiger partial charge in [0.25, 0.3) is 0 Å². The standard InChI is InChI=1S/C72H133N2O6P/c1-6-8-10-12-14-16-18-20-22-24-26-27-28-29-30-31-32-33-34-35-36-37-38-39-40-41-42-43-44-45-46-47-48-50-52-54-56-58-60-62-64-66-72(76)73-70(69-80-81(77,78)79-68-67-74(3,4)5)71(75)65-63-61-59-57-55-53-51-49-25-23-21-19-17-15-13-11-9-7-2/h8,10,14,16,20,22,26-27,29-30,32-33,35-36,70-71,75H,6-7,9,11-13,15,17-19,21,23-25,28,31,34,37-69H2,1-5H3,(H-,73,76,77,78)/p+1/b10-8-,16-14-,22-20-,27-26-,30-29-,33-32-,36-35-. The lowest BCUT2D eigenvalue weighted by molar-refractivity contribution is -0.870. The van der Waals surface area contributed by atoms with Crippen LogP contribution in [0.4, 0.5) is 0 Å². The van der Waals surface area contributed by atoms with Gasteiger partial charge in [-0.1, -0.05) is 324 Å². The van der Waals surface area contributed by atoms with Crippen LogP contribution in [0.2, 0.25) is 0 Å². The minimum atomic E-state index is -4.33. The fourth-order valence-electron chi connectivity index (χ4n) is 10.1. The van der Waals surface area contributed by atoms with E-state index in [1.54, 1.807) is 0 Å². The molecule has 3 N–H and O–H groups in total. The first-order valence-electron chi connectivity index (χ1n) is 34.5. The number of aliphatic hydroxyl groups is 1. The lowest BCUT2D eigenvalue weighted by Crippen LogP contribution is -2.46. The van der Waals surface area contributed by atoms with Crippen LogP contribution in [0.25, 0.3) is 0 Å². The van der Waals surface area contributed by atoms with Gasteiger partial charge in [0.15, 0.2) is 0 Å². The molecular weight excluding hydrogens is 1020 g/mol. The Balaban J connectivity index is 3.94. The van der Waals surface area contributed by atoms with E-state index in [0.717, 1.165) is 83.5 Å². The number of phosphoric ester groups is 1. The number of carbonyl (C=O) groups excluding carboxylic acids is 1. The molecule has 3 unspecified atom stereocenters. The predicted molar refractivity (Wildman–Crippen MR) is 355 cm³/mol. The van der Waals surface area contributed by atoms with Crippen LogP contribution >= 0.6 is 7.82 Å². The van der Waals surface area contributed by atoms with Crippen LogP contribution in [0.3, 0.4) is 0 Å². The third-order valence-corrected chi connectivity index (χ3v) is 16.4. The Morgan fingerprint density at radius 2 is 0.741 bits per heavy atom. The average molecular weight is 1150 g/mol. The summed E-state index contributed by atoms with van der Waals surface area (Å²) in [6, 6.07) is -0.763. The monoisotopic (exact) mass is 1150 g/mol. The number of hydrogen-bond acceptors (Lipinski definition) is 5. The lowest BCUT2D eigenvalue weighted by atomic mass is 10.0. The Hall–Kier alpha value is -2.32. The second-order valence-corrected chi connectivity index (χ2v) is 26.0. The number of rotatable bonds is 63. The maximum Gasteiger partial charge on any atom is 0.472 e. The summed E-state index contributed by atoms with van der Waals surface area (Å²) >= 11 is 0. The van der Waals surface area contributed by atoms with Gasteiger partial charge in [0.05, 0.1) is 39.9 Å². The van der Waals surface area contributed by atoms with Gasteiger partial charge in [0.1, 0.15) is 13.2 Å². The maximum absolute atomic E-state index is 13.1. The first-order valence-corrected chi connectivity index (χ1v) is 35.9. The van der Waals surface area contributed by atoms with Gasteiger partial charge in [-0.2, -0.15) is 0 Å². The number of unbranched alkanes of at least 4 members (excludes halogenated alkanes) is 36. The quantitative estimate of drug-likeness (QED) is 0.0243. The normalized spacial score (nSPS) is 14.2. The number of amides is 1. The molecule has 0 aliphatic rings. The second kappa shape index (κ2) is 62.2. The summed E-state index contributed by atoms with van der Waals surface area (Å²) in [4.78, 5) is 23.4. The van der Waals surface area contributed by atoms with Gasteiger partial charge in [-0.25, -0.2) is 4.57 Å². The van der Waals surface area contributed by atoms with Crippen molar-refractivity contribution in [2.75, 3.05) is 40.9 Å². The molecular formula is C72H134N2O6P+. The fraction of sp³-hybridized carbons (Fsp3) is 0.792. The van der Waals surface area contributed by atoms with Crippen molar-refractivity contribution in [3.8, 4) is 0 Å². The molecule has 0 spiro atoms. The van der Waals surface area contributed by atoms with E-state index in [9.17, 15) is 19.4 Å². The van der Waals surface area contributed by atoms with Crippen molar-refractivity contribution in [2.24, 2.45) is 0 Å². The van der Waals surface area contributed by atoms with Gasteiger partial charge < -0.3 is 19.8 Å². The molecule has 0 aliphatic heterocycles. The van der Waals surface area contributed by atoms with E-state index in [2.05, 4.69) is 104 Å². The Morgan fingerprint density at radius 1 is 0.432 bits per heavy atom. The van der Waals surface area contributed by atoms with E-state index in [1.165, 1.54) is 205 Å². The molecule has 0 rings (SSSR count). The second-order valence-electron chi connectivity index (χ2n) is 24.5. The molecule has 0 saturated heterocycles. The summed E-state index contributed by atoms with van der Waals surface area (Å²) < 4.78 is 23.9. The van der Waals surface area contributed by atoms with Gasteiger partial charge in [0.2, 0.25) is 5.91 Å². The number of likely N-dealkylation sites (N-methyl/N-ethyl adjacent to an activating group) is 1. The highest BCUT2D eigenvalue weighted by Crippen LogP contribution is 2.43. The van der Waals surface area contributed by atoms with Crippen LogP contribution in [0.15, 0.2) is 85.1 Å². The summed E-state index contributed by atoms with van der Waals surface area (Å²) in [6.07, 6.45) is 88.2. The van der Waals surface area contributed by atoms with Crippen LogP contribution in [0.1, 0.15) is 316 Å². The minimum absolute atomic E-state index is 0.0745. The number of allylic oxidation sites excluding steroid dienone is 14. The zero-order valence-corrected chi connectivity index (χ0v) is 54.9. The number of aliphatic hydroxyl groups excluding tert-OH is 1. The summed E-state index contributed by atoms with van der Waals surface area (Å²) in [6.45, 7) is 4.81. The highest BCUT2D eigenvalue weighted by molar-refractivity contribution is 7.47. The smallest absolute Gasteiger partial charge is 0.391 e. The Kier molecular flexibility index (Phi) is 60.4. The van der Waals surface area contributed by atoms with Crippen molar-refractivity contribution in [2.45, 2.75) is 328 Å². The van der Waals surface area contributed by atoms with E-state index in [4.69, 9.17) is 9.05 Å². The van der Waals surface area contributed by atoms with Gasteiger partial charge in [0, 0.05) is 6.42 Å². The highest BCUT2D eigenvalue weighted by Gasteiger charge is 2.28. The Bertz CT molecular complexity index is 1600. The van der Waals surface area contributed by atoms with Crippen molar-refractivity contribution in [1.29, 1.82) is 0 Å². The zero-order chi connectivity index (χ0) is 59.1. The van der Waals surface area contributed by atoms with Crippen molar-refractivity contribution >= 4 is 13.7 Å². The molecule has 0 saturated carbocycles. The Labute approximate surface area is 503 Å². The highest BCUT2D eigenvalue weighted by atomic mass is 31.2. The van der Waals surface area contributed by atoms with E-state index in [0.29, 0.717) is 23.9 Å². The molecule has 9 heteroatoms. The molecule has 0 aromatic carbocycles. The molecule has 0 aromatic heterocycles. The summed E-state index contributed by atoms with van der Waals surface area (Å²) in [7, 11) is 1.62. The molecule has 0 aromatic rings. The van der Waals surface area contributed by atoms with Crippen LogP contribution in [-0.4, -0.2) is 73.4 Å². The lowest BCUT2D eigenvalue weighted by Gasteiger charge is -2.26. The largest absolute Gasteiger partial charge is 0.472 e. The third-order valence-electron chi connectivity index (χ3n) is 15.4. The number of nitrogens with one attached hydrogen (secondary N) is 1. The minimum Gasteiger partial charge on any atom is -0.391 e. The SMILES string of the molecule is CC/C=C\C/C=C\C/C=C\C/C=C\C/C=C\C/C=C\C/C=C\CCCCCCCCCCCCCCCCCCCCCC(=O)NC(COP(=O)(O)OCC[N+](C)(C)C)C(O)CCCCCCCCCCCCCCCCCCCC. The summed E-state index contributed by atoms with van der Waals surface area (Å²) in [5.74, 6) is -0.141. The van der Waals surface area contributed by atoms with Crippen LogP contribution in [0.5, 0.6) is 0 Å². The third kappa shape index (κ3) is 65.1. The fourth-order valence-corrected chi connectivity index (χ4v) is 10.8. The van der Waals surface area contributed by atoms with Crippen molar-refractivity contribution in [3.05, 3.63) is 85.1 Å². The van der Waals surface area contributed by atoms with E-state index >= 15 is 0 Å². The van der Waals surface area contributed by atoms with Crippen LogP contribution in [0, 0.1) is 0 Å².